The van der Waals surface area contributed by atoms with Gasteiger partial charge in [0.25, 0.3) is 5.91 Å². The zero-order chi connectivity index (χ0) is 17.0. The van der Waals surface area contributed by atoms with Crippen LogP contribution >= 0.6 is 11.3 Å². The molecular weight excluding hydrogens is 332 g/mol. The third-order valence-corrected chi connectivity index (χ3v) is 5.38. The normalized spacial score (nSPS) is 13.0. The van der Waals surface area contributed by atoms with Crippen LogP contribution in [0.4, 0.5) is 0 Å². The first-order valence-corrected chi connectivity index (χ1v) is 9.89. The lowest BCUT2D eigenvalue weighted by molar-refractivity contribution is 0.0942. The standard InChI is InChI=1S/C16H20N2O3S2/c1-18(2)15(13-8-9-22-11-13)10-17-16(19)12-4-6-14(7-5-12)23(3,20)21/h4-9,11,15H,10H2,1-3H3,(H,17,19)/t15-/m0/s1. The fourth-order valence-electron chi connectivity index (χ4n) is 2.21. The maximum Gasteiger partial charge on any atom is 0.251 e. The zero-order valence-electron chi connectivity index (χ0n) is 13.3. The minimum Gasteiger partial charge on any atom is -0.350 e. The van der Waals surface area contributed by atoms with Crippen molar-refractivity contribution in [1.29, 1.82) is 0 Å². The molecule has 5 nitrogen and oxygen atoms in total. The Labute approximate surface area is 140 Å². The van der Waals surface area contributed by atoms with Crippen LogP contribution in [0.2, 0.25) is 0 Å². The molecule has 0 saturated carbocycles. The molecule has 0 unspecified atom stereocenters. The van der Waals surface area contributed by atoms with Crippen molar-refractivity contribution in [3.8, 4) is 0 Å². The van der Waals surface area contributed by atoms with Gasteiger partial charge in [0.05, 0.1) is 10.9 Å². The second-order valence-electron chi connectivity index (χ2n) is 5.54. The summed E-state index contributed by atoms with van der Waals surface area (Å²) < 4.78 is 22.9. The Kier molecular flexibility index (Phi) is 5.56. The molecular formula is C16H20N2O3S2. The third-order valence-electron chi connectivity index (χ3n) is 3.55. The molecule has 23 heavy (non-hydrogen) atoms. The summed E-state index contributed by atoms with van der Waals surface area (Å²) in [5, 5.41) is 6.98. The van der Waals surface area contributed by atoms with Gasteiger partial charge in [-0.15, -0.1) is 0 Å². The minimum atomic E-state index is -3.25. The van der Waals surface area contributed by atoms with Gasteiger partial charge >= 0.3 is 0 Å². The molecule has 0 saturated heterocycles. The number of sulfone groups is 1. The number of carbonyl (C=O) groups excluding carboxylic acids is 1. The maximum absolute atomic E-state index is 12.2. The Morgan fingerprint density at radius 2 is 1.87 bits per heavy atom. The van der Waals surface area contributed by atoms with E-state index in [4.69, 9.17) is 0 Å². The second kappa shape index (κ2) is 7.25. The van der Waals surface area contributed by atoms with Gasteiger partial charge in [-0.05, 0) is 60.8 Å². The summed E-state index contributed by atoms with van der Waals surface area (Å²) in [6, 6.07) is 8.10. The highest BCUT2D eigenvalue weighted by atomic mass is 32.2. The van der Waals surface area contributed by atoms with Crippen molar-refractivity contribution in [1.82, 2.24) is 10.2 Å². The Balaban J connectivity index is 2.04. The fraction of sp³-hybridized carbons (Fsp3) is 0.312. The number of nitrogens with one attached hydrogen (secondary N) is 1. The molecule has 1 heterocycles. The molecule has 0 spiro atoms. The van der Waals surface area contributed by atoms with E-state index in [1.165, 1.54) is 24.3 Å². The summed E-state index contributed by atoms with van der Waals surface area (Å²) in [7, 11) is 0.686. The molecule has 2 rings (SSSR count). The van der Waals surface area contributed by atoms with Crippen molar-refractivity contribution in [2.24, 2.45) is 0 Å². The number of hydrogen-bond acceptors (Lipinski definition) is 5. The van der Waals surface area contributed by atoms with Crippen LogP contribution in [0.15, 0.2) is 46.0 Å². The summed E-state index contributed by atoms with van der Waals surface area (Å²) >= 11 is 1.62. The van der Waals surface area contributed by atoms with E-state index in [1.54, 1.807) is 11.3 Å². The number of likely N-dealkylation sites (N-methyl/N-ethyl adjacent to an activating group) is 1. The molecule has 1 aromatic carbocycles. The van der Waals surface area contributed by atoms with Gasteiger partial charge in [-0.25, -0.2) is 8.42 Å². The van der Waals surface area contributed by atoms with Gasteiger partial charge < -0.3 is 10.2 Å². The Morgan fingerprint density at radius 3 is 2.35 bits per heavy atom. The monoisotopic (exact) mass is 352 g/mol. The molecule has 0 bridgehead atoms. The van der Waals surface area contributed by atoms with Crippen LogP contribution in [0.5, 0.6) is 0 Å². The van der Waals surface area contributed by atoms with E-state index in [1.807, 2.05) is 25.5 Å². The predicted octanol–water partition coefficient (Wildman–Crippen LogP) is 2.18. The number of nitrogens with zero attached hydrogens (tertiary/aromatic N) is 1. The van der Waals surface area contributed by atoms with Crippen LogP contribution in [0.25, 0.3) is 0 Å². The predicted molar refractivity (Wildman–Crippen MR) is 92.6 cm³/mol. The van der Waals surface area contributed by atoms with Crippen molar-refractivity contribution >= 4 is 27.1 Å². The van der Waals surface area contributed by atoms with E-state index in [2.05, 4.69) is 15.6 Å². The lowest BCUT2D eigenvalue weighted by Crippen LogP contribution is -2.34. The summed E-state index contributed by atoms with van der Waals surface area (Å²) in [4.78, 5) is 14.5. The first-order valence-electron chi connectivity index (χ1n) is 7.06. The summed E-state index contributed by atoms with van der Waals surface area (Å²) in [5.74, 6) is -0.216. The highest BCUT2D eigenvalue weighted by Gasteiger charge is 2.16. The van der Waals surface area contributed by atoms with E-state index in [0.29, 0.717) is 12.1 Å². The number of carbonyl (C=O) groups is 1. The van der Waals surface area contributed by atoms with Crippen molar-refractivity contribution in [3.63, 3.8) is 0 Å². The smallest absolute Gasteiger partial charge is 0.251 e. The average molecular weight is 352 g/mol. The summed E-state index contributed by atoms with van der Waals surface area (Å²) in [6.45, 7) is 0.483. The molecule has 1 amide bonds. The van der Waals surface area contributed by atoms with E-state index < -0.39 is 9.84 Å². The van der Waals surface area contributed by atoms with Gasteiger partial charge in [-0.3, -0.25) is 4.79 Å². The highest BCUT2D eigenvalue weighted by Crippen LogP contribution is 2.20. The second-order valence-corrected chi connectivity index (χ2v) is 8.34. The van der Waals surface area contributed by atoms with Crippen molar-refractivity contribution < 1.29 is 13.2 Å². The molecule has 1 atom stereocenters. The minimum absolute atomic E-state index is 0.0977. The molecule has 124 valence electrons. The zero-order valence-corrected chi connectivity index (χ0v) is 14.9. The van der Waals surface area contributed by atoms with Crippen LogP contribution < -0.4 is 5.32 Å². The number of rotatable bonds is 6. The van der Waals surface area contributed by atoms with E-state index in [9.17, 15) is 13.2 Å². The average Bonchev–Trinajstić information content (AvgIpc) is 3.00. The number of thiophene rings is 1. The van der Waals surface area contributed by atoms with Gasteiger partial charge in [0.1, 0.15) is 0 Å². The fourth-order valence-corrected chi connectivity index (χ4v) is 3.55. The van der Waals surface area contributed by atoms with Crippen LogP contribution in [-0.4, -0.2) is 46.1 Å². The summed E-state index contributed by atoms with van der Waals surface area (Å²) in [5.41, 5.74) is 1.60. The van der Waals surface area contributed by atoms with E-state index in [0.717, 1.165) is 11.8 Å². The molecule has 0 aliphatic carbocycles. The summed E-state index contributed by atoms with van der Waals surface area (Å²) in [6.07, 6.45) is 1.14. The quantitative estimate of drug-likeness (QED) is 0.865. The largest absolute Gasteiger partial charge is 0.350 e. The number of hydrogen-bond donors (Lipinski definition) is 1. The van der Waals surface area contributed by atoms with Crippen LogP contribution in [-0.2, 0) is 9.84 Å². The molecule has 2 aromatic rings. The van der Waals surface area contributed by atoms with Crippen LogP contribution in [0, 0.1) is 0 Å². The first kappa shape index (κ1) is 17.7. The van der Waals surface area contributed by atoms with Gasteiger partial charge in [0.15, 0.2) is 9.84 Å². The van der Waals surface area contributed by atoms with E-state index in [-0.39, 0.29) is 16.8 Å². The van der Waals surface area contributed by atoms with Crippen LogP contribution in [0.1, 0.15) is 22.0 Å². The highest BCUT2D eigenvalue weighted by molar-refractivity contribution is 7.90. The topological polar surface area (TPSA) is 66.5 Å². The Morgan fingerprint density at radius 1 is 1.22 bits per heavy atom. The third kappa shape index (κ3) is 4.63. The molecule has 1 N–H and O–H groups in total. The van der Waals surface area contributed by atoms with Crippen molar-refractivity contribution in [2.75, 3.05) is 26.9 Å². The number of amides is 1. The first-order chi connectivity index (χ1) is 10.8. The van der Waals surface area contributed by atoms with Gasteiger partial charge in [-0.2, -0.15) is 11.3 Å². The molecule has 0 radical (unpaired) electrons. The lowest BCUT2D eigenvalue weighted by atomic mass is 10.1. The molecule has 1 aromatic heterocycles. The molecule has 0 aliphatic rings. The SMILES string of the molecule is CN(C)[C@@H](CNC(=O)c1ccc(S(C)(=O)=O)cc1)c1ccsc1. The molecule has 7 heteroatoms. The van der Waals surface area contributed by atoms with Crippen molar-refractivity contribution in [2.45, 2.75) is 10.9 Å². The van der Waals surface area contributed by atoms with Crippen LogP contribution in [0.3, 0.4) is 0 Å². The lowest BCUT2D eigenvalue weighted by Gasteiger charge is -2.24. The number of benzene rings is 1. The van der Waals surface area contributed by atoms with Gasteiger partial charge in [0, 0.05) is 18.4 Å². The van der Waals surface area contributed by atoms with E-state index >= 15 is 0 Å². The molecule has 0 aliphatic heterocycles. The Hall–Kier alpha value is -1.70. The Bertz CT molecular complexity index is 751. The van der Waals surface area contributed by atoms with Gasteiger partial charge in [-0.1, -0.05) is 0 Å². The van der Waals surface area contributed by atoms with Crippen molar-refractivity contribution in [3.05, 3.63) is 52.2 Å². The molecule has 0 fully saturated rings. The maximum atomic E-state index is 12.2. The van der Waals surface area contributed by atoms with Gasteiger partial charge in [0.2, 0.25) is 0 Å².